The molecule has 3 nitrogen and oxygen atoms in total. The number of carbonyl (C=O) groups excluding carboxylic acids is 1. The van der Waals surface area contributed by atoms with Crippen molar-refractivity contribution in [2.45, 2.75) is 11.3 Å². The van der Waals surface area contributed by atoms with E-state index >= 15 is 0 Å². The molecule has 2 aromatic rings. The van der Waals surface area contributed by atoms with E-state index in [1.54, 1.807) is 24.3 Å². The normalized spacial score (nSPS) is 18.8. The Kier molecular flexibility index (Phi) is 4.02. The molecule has 112 valence electrons. The third-order valence-electron chi connectivity index (χ3n) is 3.61. The molecule has 0 saturated heterocycles. The summed E-state index contributed by atoms with van der Waals surface area (Å²) < 4.78 is 25.5. The first-order chi connectivity index (χ1) is 10.5. The van der Waals surface area contributed by atoms with E-state index in [4.69, 9.17) is 0 Å². The van der Waals surface area contributed by atoms with Crippen molar-refractivity contribution in [2.24, 2.45) is 0 Å². The Labute approximate surface area is 137 Å². The van der Waals surface area contributed by atoms with Crippen molar-refractivity contribution < 1.29 is 13.2 Å². The van der Waals surface area contributed by atoms with Crippen LogP contribution in [-0.4, -0.2) is 20.0 Å². The minimum Gasteiger partial charge on any atom is -0.289 e. The van der Waals surface area contributed by atoms with Gasteiger partial charge in [0.2, 0.25) is 0 Å². The third kappa shape index (κ3) is 2.91. The zero-order valence-electron chi connectivity index (χ0n) is 11.6. The molecular weight excluding hydrogens is 364 g/mol. The van der Waals surface area contributed by atoms with E-state index in [2.05, 4.69) is 15.9 Å². The second-order valence-corrected chi connectivity index (χ2v) is 8.11. The van der Waals surface area contributed by atoms with Gasteiger partial charge >= 0.3 is 0 Å². The van der Waals surface area contributed by atoms with Crippen LogP contribution in [0.15, 0.2) is 63.5 Å². The van der Waals surface area contributed by atoms with Crippen molar-refractivity contribution in [2.75, 3.05) is 5.75 Å². The standard InChI is InChI=1S/C17H13BrO3S/c18-14-7-5-12(6-8-14)11-13-9-10-22(20,21)16-4-2-1-3-15(16)17(13)19/h1-8,11H,9-10H2/b13-11+. The van der Waals surface area contributed by atoms with Crippen molar-refractivity contribution >= 4 is 37.6 Å². The summed E-state index contributed by atoms with van der Waals surface area (Å²) in [7, 11) is -3.41. The van der Waals surface area contributed by atoms with E-state index in [1.807, 2.05) is 24.3 Å². The number of ketones is 1. The van der Waals surface area contributed by atoms with Gasteiger partial charge in [-0.2, -0.15) is 0 Å². The number of benzene rings is 2. The van der Waals surface area contributed by atoms with Crippen LogP contribution in [0.3, 0.4) is 0 Å². The quantitative estimate of drug-likeness (QED) is 0.709. The minimum atomic E-state index is -3.41. The van der Waals surface area contributed by atoms with Crippen LogP contribution in [0.25, 0.3) is 6.08 Å². The van der Waals surface area contributed by atoms with Crippen LogP contribution in [-0.2, 0) is 9.84 Å². The highest BCUT2D eigenvalue weighted by atomic mass is 79.9. The molecule has 1 aliphatic heterocycles. The third-order valence-corrected chi connectivity index (χ3v) is 5.91. The number of hydrogen-bond acceptors (Lipinski definition) is 3. The van der Waals surface area contributed by atoms with Gasteiger partial charge in [-0.1, -0.05) is 40.2 Å². The van der Waals surface area contributed by atoms with Gasteiger partial charge < -0.3 is 0 Å². The fourth-order valence-corrected chi connectivity index (χ4v) is 4.22. The van der Waals surface area contributed by atoms with E-state index in [0.717, 1.165) is 10.0 Å². The Bertz CT molecular complexity index is 865. The monoisotopic (exact) mass is 376 g/mol. The van der Waals surface area contributed by atoms with Gasteiger partial charge in [-0.05, 0) is 42.3 Å². The molecule has 0 bridgehead atoms. The molecule has 5 heteroatoms. The second-order valence-electron chi connectivity index (χ2n) is 5.12. The summed E-state index contributed by atoms with van der Waals surface area (Å²) in [6.07, 6.45) is 2.00. The molecule has 0 fully saturated rings. The van der Waals surface area contributed by atoms with Crippen molar-refractivity contribution in [3.63, 3.8) is 0 Å². The van der Waals surface area contributed by atoms with E-state index in [-0.39, 0.29) is 28.4 Å². The molecule has 0 spiro atoms. The number of carbonyl (C=O) groups is 1. The summed E-state index contributed by atoms with van der Waals surface area (Å²) in [5.74, 6) is -0.252. The van der Waals surface area contributed by atoms with E-state index in [9.17, 15) is 13.2 Å². The number of allylic oxidation sites excluding steroid dienone is 1. The zero-order valence-corrected chi connectivity index (χ0v) is 14.0. The maximum atomic E-state index is 12.7. The largest absolute Gasteiger partial charge is 0.289 e. The molecule has 1 aliphatic rings. The predicted molar refractivity (Wildman–Crippen MR) is 89.6 cm³/mol. The van der Waals surface area contributed by atoms with Crippen LogP contribution in [0.5, 0.6) is 0 Å². The van der Waals surface area contributed by atoms with Gasteiger partial charge in [0.1, 0.15) is 0 Å². The first-order valence-electron chi connectivity index (χ1n) is 6.80. The lowest BCUT2D eigenvalue weighted by atomic mass is 9.99. The molecule has 3 rings (SSSR count). The van der Waals surface area contributed by atoms with Crippen LogP contribution in [0.4, 0.5) is 0 Å². The van der Waals surface area contributed by atoms with Gasteiger partial charge in [-0.15, -0.1) is 0 Å². The number of hydrogen-bond donors (Lipinski definition) is 0. The maximum absolute atomic E-state index is 12.7. The van der Waals surface area contributed by atoms with Gasteiger partial charge in [0.15, 0.2) is 15.6 Å². The molecule has 2 aromatic carbocycles. The number of rotatable bonds is 1. The number of halogens is 1. The minimum absolute atomic E-state index is 0.0435. The smallest absolute Gasteiger partial charge is 0.190 e. The zero-order chi connectivity index (χ0) is 15.7. The van der Waals surface area contributed by atoms with E-state index in [0.29, 0.717) is 5.57 Å². The van der Waals surface area contributed by atoms with Crippen molar-refractivity contribution in [3.8, 4) is 0 Å². The Balaban J connectivity index is 2.10. The Hall–Kier alpha value is -1.72. The molecule has 0 atom stereocenters. The molecule has 22 heavy (non-hydrogen) atoms. The Morgan fingerprint density at radius 2 is 1.68 bits per heavy atom. The average molecular weight is 377 g/mol. The van der Waals surface area contributed by atoms with Crippen LogP contribution in [0.2, 0.25) is 0 Å². The number of sulfone groups is 1. The lowest BCUT2D eigenvalue weighted by Gasteiger charge is -2.04. The lowest BCUT2D eigenvalue weighted by molar-refractivity contribution is 0.103. The molecule has 0 N–H and O–H groups in total. The van der Waals surface area contributed by atoms with Crippen LogP contribution in [0, 0.1) is 0 Å². The molecule has 0 amide bonds. The highest BCUT2D eigenvalue weighted by molar-refractivity contribution is 9.10. The molecular formula is C17H13BrO3S. The van der Waals surface area contributed by atoms with Crippen molar-refractivity contribution in [1.82, 2.24) is 0 Å². The van der Waals surface area contributed by atoms with Gasteiger partial charge in [-0.3, -0.25) is 4.79 Å². The Morgan fingerprint density at radius 1 is 1.00 bits per heavy atom. The van der Waals surface area contributed by atoms with Crippen LogP contribution in [0.1, 0.15) is 22.3 Å². The summed E-state index contributed by atoms with van der Waals surface area (Å²) in [6.45, 7) is 0. The summed E-state index contributed by atoms with van der Waals surface area (Å²) in [6, 6.07) is 14.0. The Morgan fingerprint density at radius 3 is 2.41 bits per heavy atom. The summed E-state index contributed by atoms with van der Waals surface area (Å²) in [5, 5.41) is 0. The molecule has 0 saturated carbocycles. The average Bonchev–Trinajstić information content (AvgIpc) is 2.60. The van der Waals surface area contributed by atoms with Crippen LogP contribution >= 0.6 is 15.9 Å². The van der Waals surface area contributed by atoms with Gasteiger partial charge in [0, 0.05) is 15.6 Å². The highest BCUT2D eigenvalue weighted by Crippen LogP contribution is 2.28. The second kappa shape index (κ2) is 5.82. The summed E-state index contributed by atoms with van der Waals surface area (Å²) in [5.41, 5.74) is 1.67. The number of Topliss-reactive ketones (excluding diaryl/α,β-unsaturated/α-hetero) is 1. The van der Waals surface area contributed by atoms with Gasteiger partial charge in [0.25, 0.3) is 0 Å². The van der Waals surface area contributed by atoms with Crippen LogP contribution < -0.4 is 0 Å². The molecule has 0 radical (unpaired) electrons. The van der Waals surface area contributed by atoms with Gasteiger partial charge in [0.05, 0.1) is 10.6 Å². The van der Waals surface area contributed by atoms with Crippen molar-refractivity contribution in [1.29, 1.82) is 0 Å². The summed E-state index contributed by atoms with van der Waals surface area (Å²) in [4.78, 5) is 12.8. The first-order valence-corrected chi connectivity index (χ1v) is 9.24. The fraction of sp³-hybridized carbons (Fsp3) is 0.118. The highest BCUT2D eigenvalue weighted by Gasteiger charge is 2.28. The first kappa shape index (κ1) is 15.2. The van der Waals surface area contributed by atoms with Gasteiger partial charge in [-0.25, -0.2) is 8.42 Å². The lowest BCUT2D eigenvalue weighted by Crippen LogP contribution is -2.06. The van der Waals surface area contributed by atoms with E-state index in [1.165, 1.54) is 6.07 Å². The predicted octanol–water partition coefficient (Wildman–Crippen LogP) is 3.89. The molecule has 0 aliphatic carbocycles. The maximum Gasteiger partial charge on any atom is 0.190 e. The topological polar surface area (TPSA) is 51.2 Å². The fourth-order valence-electron chi connectivity index (χ4n) is 2.46. The molecule has 1 heterocycles. The summed E-state index contributed by atoms with van der Waals surface area (Å²) >= 11 is 3.36. The SMILES string of the molecule is O=C1/C(=C/c2ccc(Br)cc2)CCS(=O)(=O)c2ccccc21. The molecule has 0 unspecified atom stereocenters. The number of fused-ring (bicyclic) bond motifs is 1. The van der Waals surface area contributed by atoms with Crippen molar-refractivity contribution in [3.05, 3.63) is 69.7 Å². The van der Waals surface area contributed by atoms with E-state index < -0.39 is 9.84 Å². The molecule has 0 aromatic heterocycles.